The van der Waals surface area contributed by atoms with Crippen molar-refractivity contribution in [3.05, 3.63) is 52.8 Å². The Hall–Kier alpha value is -1.52. The molecule has 0 N–H and O–H groups in total. The lowest BCUT2D eigenvalue weighted by Gasteiger charge is -2.50. The summed E-state index contributed by atoms with van der Waals surface area (Å²) in [7, 11) is -2.04. The summed E-state index contributed by atoms with van der Waals surface area (Å²) in [5, 5.41) is 2.16. The molecule has 1 heterocycles. The van der Waals surface area contributed by atoms with E-state index in [4.69, 9.17) is 16.3 Å². The molecule has 2 rings (SSSR count). The molecule has 0 spiro atoms. The van der Waals surface area contributed by atoms with Gasteiger partial charge < -0.3 is 4.74 Å². The maximum Gasteiger partial charge on any atom is 0.419 e. The molecule has 1 aromatic rings. The average molecular weight is 448 g/mol. The van der Waals surface area contributed by atoms with Gasteiger partial charge in [-0.1, -0.05) is 91.1 Å². The van der Waals surface area contributed by atoms with E-state index in [9.17, 15) is 4.79 Å². The first-order valence-electron chi connectivity index (χ1n) is 11.3. The number of unbranched alkanes of at least 4 members (excludes halogenated alkanes) is 1. The van der Waals surface area contributed by atoms with Crippen molar-refractivity contribution in [3.63, 3.8) is 0 Å². The second-order valence-corrected chi connectivity index (χ2v) is 15.5. The summed E-state index contributed by atoms with van der Waals surface area (Å²) >= 11 is 6.95. The summed E-state index contributed by atoms with van der Waals surface area (Å²) in [5.41, 5.74) is 1.55. The first kappa shape index (κ1) is 24.7. The number of amides is 1. The molecule has 0 saturated carbocycles. The van der Waals surface area contributed by atoms with E-state index in [1.54, 1.807) is 4.90 Å². The minimum Gasteiger partial charge on any atom is -0.410 e. The van der Waals surface area contributed by atoms with Gasteiger partial charge in [0.2, 0.25) is 0 Å². The van der Waals surface area contributed by atoms with Crippen LogP contribution >= 0.6 is 11.6 Å². The molecule has 30 heavy (non-hydrogen) atoms. The zero-order valence-corrected chi connectivity index (χ0v) is 21.4. The van der Waals surface area contributed by atoms with E-state index in [-0.39, 0.29) is 12.1 Å². The number of ether oxygens (including phenoxy) is 1. The molecule has 0 fully saturated rings. The predicted molar refractivity (Wildman–Crippen MR) is 131 cm³/mol. The molecule has 0 radical (unpaired) electrons. The fraction of sp³-hybridized carbons (Fsp3) is 0.560. The zero-order chi connectivity index (χ0) is 22.5. The number of allylic oxidation sites excluding steroid dienone is 2. The Morgan fingerprint density at radius 2 is 1.63 bits per heavy atom. The van der Waals surface area contributed by atoms with Crippen molar-refractivity contribution in [2.24, 2.45) is 0 Å². The van der Waals surface area contributed by atoms with Crippen LogP contribution in [0.25, 0.3) is 0 Å². The smallest absolute Gasteiger partial charge is 0.410 e. The number of carbonyl (C=O) groups is 1. The molecule has 166 valence electrons. The second-order valence-electron chi connectivity index (χ2n) is 9.22. The van der Waals surface area contributed by atoms with Gasteiger partial charge in [-0.2, -0.15) is 0 Å². The number of para-hydroxylation sites is 1. The van der Waals surface area contributed by atoms with Crippen LogP contribution in [0.3, 0.4) is 0 Å². The van der Waals surface area contributed by atoms with Crippen molar-refractivity contribution in [2.75, 3.05) is 0 Å². The second kappa shape index (κ2) is 10.7. The van der Waals surface area contributed by atoms with Gasteiger partial charge >= 0.3 is 6.09 Å². The summed E-state index contributed by atoms with van der Waals surface area (Å²) in [4.78, 5) is 15.0. The van der Waals surface area contributed by atoms with Gasteiger partial charge in [-0.3, -0.25) is 4.90 Å². The van der Waals surface area contributed by atoms with E-state index < -0.39 is 8.07 Å². The number of rotatable bonds is 8. The highest BCUT2D eigenvalue weighted by Crippen LogP contribution is 2.51. The number of nitrogens with zero attached hydrogens (tertiary/aromatic N) is 1. The van der Waals surface area contributed by atoms with E-state index in [2.05, 4.69) is 48.5 Å². The van der Waals surface area contributed by atoms with E-state index in [1.165, 1.54) is 5.20 Å². The third kappa shape index (κ3) is 4.86. The van der Waals surface area contributed by atoms with Crippen molar-refractivity contribution in [2.45, 2.75) is 90.4 Å². The van der Waals surface area contributed by atoms with Crippen LogP contribution in [0.4, 0.5) is 4.79 Å². The molecule has 0 saturated heterocycles. The van der Waals surface area contributed by atoms with E-state index in [1.807, 2.05) is 42.6 Å². The van der Waals surface area contributed by atoms with Gasteiger partial charge in [-0.25, -0.2) is 4.79 Å². The van der Waals surface area contributed by atoms with Crippen LogP contribution < -0.4 is 4.74 Å². The molecule has 1 aromatic carbocycles. The summed E-state index contributed by atoms with van der Waals surface area (Å²) < 4.78 is 5.73. The van der Waals surface area contributed by atoms with Gasteiger partial charge in [-0.15, -0.1) is 0 Å². The Morgan fingerprint density at radius 1 is 1.07 bits per heavy atom. The van der Waals surface area contributed by atoms with Crippen molar-refractivity contribution in [1.29, 1.82) is 0 Å². The van der Waals surface area contributed by atoms with Crippen molar-refractivity contribution >= 4 is 25.8 Å². The molecule has 1 atom stereocenters. The zero-order valence-electron chi connectivity index (χ0n) is 19.6. The van der Waals surface area contributed by atoms with E-state index in [0.29, 0.717) is 22.4 Å². The standard InChI is InChI=1S/C25H38ClNO2Si/c1-8-9-15-23-24(30(18(2)3,19(4)5)20(6)7)22(26)16-17-27(23)25(28)29-21-13-11-10-12-14-21/h10-14,16-20,23H,8-9,15H2,1-7H3. The quantitative estimate of drug-likeness (QED) is 0.375. The number of benzene rings is 1. The molecule has 1 amide bonds. The first-order chi connectivity index (χ1) is 14.2. The van der Waals surface area contributed by atoms with Gasteiger partial charge in [0.1, 0.15) is 5.75 Å². The highest BCUT2D eigenvalue weighted by Gasteiger charge is 2.51. The van der Waals surface area contributed by atoms with Crippen LogP contribution in [0, 0.1) is 0 Å². The Kier molecular flexibility index (Phi) is 8.81. The fourth-order valence-corrected chi connectivity index (χ4v) is 13.5. The summed E-state index contributed by atoms with van der Waals surface area (Å²) in [6.07, 6.45) is 6.40. The molecular weight excluding hydrogens is 410 g/mol. The fourth-order valence-electron chi connectivity index (χ4n) is 5.58. The molecule has 0 bridgehead atoms. The molecule has 1 unspecified atom stereocenters. The summed E-state index contributed by atoms with van der Waals surface area (Å²) in [5.74, 6) is 0.562. The number of carbonyl (C=O) groups excluding carboxylic acids is 1. The van der Waals surface area contributed by atoms with E-state index >= 15 is 0 Å². The Labute approximate surface area is 189 Å². The van der Waals surface area contributed by atoms with Gasteiger partial charge in [0.05, 0.1) is 14.1 Å². The number of hydrogen-bond donors (Lipinski definition) is 0. The van der Waals surface area contributed by atoms with Crippen LogP contribution in [-0.2, 0) is 0 Å². The summed E-state index contributed by atoms with van der Waals surface area (Å²) in [6, 6.07) is 9.24. The highest BCUT2D eigenvalue weighted by molar-refractivity contribution is 6.90. The lowest BCUT2D eigenvalue weighted by molar-refractivity contribution is 0.158. The first-order valence-corrected chi connectivity index (χ1v) is 13.9. The molecule has 3 nitrogen and oxygen atoms in total. The largest absolute Gasteiger partial charge is 0.419 e. The maximum absolute atomic E-state index is 13.2. The Balaban J connectivity index is 2.54. The van der Waals surface area contributed by atoms with Crippen LogP contribution in [0.5, 0.6) is 5.75 Å². The minimum absolute atomic E-state index is 0.0440. The maximum atomic E-state index is 13.2. The van der Waals surface area contributed by atoms with E-state index in [0.717, 1.165) is 24.3 Å². The third-order valence-electron chi connectivity index (χ3n) is 6.63. The lowest BCUT2D eigenvalue weighted by Crippen LogP contribution is -2.55. The molecule has 5 heteroatoms. The third-order valence-corrected chi connectivity index (χ3v) is 14.4. The molecule has 1 aliphatic rings. The topological polar surface area (TPSA) is 29.5 Å². The van der Waals surface area contributed by atoms with Crippen molar-refractivity contribution in [3.8, 4) is 5.75 Å². The van der Waals surface area contributed by atoms with Crippen LogP contribution in [0.1, 0.15) is 67.7 Å². The minimum atomic E-state index is -2.04. The van der Waals surface area contributed by atoms with Gasteiger partial charge in [0.25, 0.3) is 0 Å². The monoisotopic (exact) mass is 447 g/mol. The van der Waals surface area contributed by atoms with Crippen LogP contribution in [-0.4, -0.2) is 25.1 Å². The molecule has 0 aliphatic carbocycles. The van der Waals surface area contributed by atoms with Crippen molar-refractivity contribution < 1.29 is 9.53 Å². The molecule has 1 aliphatic heterocycles. The Morgan fingerprint density at radius 3 is 2.13 bits per heavy atom. The van der Waals surface area contributed by atoms with Crippen molar-refractivity contribution in [1.82, 2.24) is 4.90 Å². The van der Waals surface area contributed by atoms with Gasteiger partial charge in [0, 0.05) is 11.2 Å². The molecular formula is C25H38ClNO2Si. The highest BCUT2D eigenvalue weighted by atomic mass is 35.5. The summed E-state index contributed by atoms with van der Waals surface area (Å²) in [6.45, 7) is 16.2. The molecule has 0 aromatic heterocycles. The van der Waals surface area contributed by atoms with Crippen LogP contribution in [0.2, 0.25) is 16.6 Å². The van der Waals surface area contributed by atoms with Gasteiger partial charge in [-0.05, 0) is 46.4 Å². The lowest BCUT2D eigenvalue weighted by atomic mass is 10.1. The Bertz CT molecular complexity index is 749. The number of halogens is 1. The number of hydrogen-bond acceptors (Lipinski definition) is 2. The average Bonchev–Trinajstić information content (AvgIpc) is 2.68. The SMILES string of the molecule is CCCCC1C([Si](C(C)C)(C(C)C)C(C)C)=C(Cl)C=CN1C(=O)Oc1ccccc1. The van der Waals surface area contributed by atoms with Gasteiger partial charge in [0.15, 0.2) is 0 Å². The van der Waals surface area contributed by atoms with Crippen LogP contribution in [0.15, 0.2) is 52.8 Å². The predicted octanol–water partition coefficient (Wildman–Crippen LogP) is 8.28. The normalized spacial score (nSPS) is 17.4.